The summed E-state index contributed by atoms with van der Waals surface area (Å²) in [5.41, 5.74) is -0.0995. The van der Waals surface area contributed by atoms with Gasteiger partial charge in [0.05, 0.1) is 25.3 Å². The molecule has 0 aliphatic carbocycles. The van der Waals surface area contributed by atoms with Crippen molar-refractivity contribution in [3.05, 3.63) is 47.1 Å². The zero-order chi connectivity index (χ0) is 20.0. The van der Waals surface area contributed by atoms with E-state index in [4.69, 9.17) is 9.26 Å². The fourth-order valence-electron chi connectivity index (χ4n) is 2.37. The number of benzene rings is 1. The second-order valence-electron chi connectivity index (χ2n) is 6.35. The van der Waals surface area contributed by atoms with E-state index >= 15 is 0 Å². The average Bonchev–Trinajstić information content (AvgIpc) is 3.03. The van der Waals surface area contributed by atoms with Crippen molar-refractivity contribution in [3.63, 3.8) is 0 Å². The van der Waals surface area contributed by atoms with E-state index in [-0.39, 0.29) is 32.2 Å². The highest BCUT2D eigenvalue weighted by atomic mass is 19.4. The fourth-order valence-corrected chi connectivity index (χ4v) is 2.37. The van der Waals surface area contributed by atoms with E-state index in [0.29, 0.717) is 17.3 Å². The van der Waals surface area contributed by atoms with E-state index in [2.05, 4.69) is 10.1 Å². The highest BCUT2D eigenvalue weighted by Gasteiger charge is 2.30. The summed E-state index contributed by atoms with van der Waals surface area (Å²) in [6.07, 6.45) is -4.39. The van der Waals surface area contributed by atoms with Crippen molar-refractivity contribution in [1.82, 2.24) is 15.0 Å². The third kappa shape index (κ3) is 6.35. The Morgan fingerprint density at radius 1 is 1.22 bits per heavy atom. The van der Waals surface area contributed by atoms with Crippen LogP contribution in [0.5, 0.6) is 0 Å². The Hall–Kier alpha value is -2.42. The number of carbonyl (C=O) groups excluding carboxylic acids is 1. The van der Waals surface area contributed by atoms with Crippen LogP contribution in [0.15, 0.2) is 28.8 Å². The van der Waals surface area contributed by atoms with Crippen molar-refractivity contribution in [1.29, 1.82) is 0 Å². The van der Waals surface area contributed by atoms with E-state index in [9.17, 15) is 18.0 Å². The number of hydrogen-bond donors (Lipinski definition) is 0. The normalized spacial score (nSPS) is 12.0. The van der Waals surface area contributed by atoms with Gasteiger partial charge in [0.2, 0.25) is 5.89 Å². The lowest BCUT2D eigenvalue weighted by Gasteiger charge is -2.19. The maximum absolute atomic E-state index is 12.7. The molecular formula is C18H22F3N3O3. The van der Waals surface area contributed by atoms with Crippen LogP contribution in [0.2, 0.25) is 0 Å². The maximum atomic E-state index is 12.7. The topological polar surface area (TPSA) is 68.5 Å². The zero-order valence-electron chi connectivity index (χ0n) is 15.4. The molecule has 1 aromatic heterocycles. The molecule has 0 unspecified atom stereocenters. The van der Waals surface area contributed by atoms with Crippen LogP contribution in [0.1, 0.15) is 49.5 Å². The number of ether oxygens (including phenoxy) is 1. The van der Waals surface area contributed by atoms with E-state index in [0.717, 1.165) is 12.1 Å². The molecule has 0 N–H and O–H groups in total. The first kappa shape index (κ1) is 20.9. The number of carbonyl (C=O) groups is 1. The van der Waals surface area contributed by atoms with Crippen LogP contribution in [0, 0.1) is 0 Å². The van der Waals surface area contributed by atoms with Gasteiger partial charge in [-0.25, -0.2) is 0 Å². The Balaban J connectivity index is 2.12. The van der Waals surface area contributed by atoms with Gasteiger partial charge in [0, 0.05) is 12.5 Å². The third-order valence-electron chi connectivity index (χ3n) is 3.70. The van der Waals surface area contributed by atoms with E-state index in [1.54, 1.807) is 11.8 Å². The Bertz CT molecular complexity index is 742. The summed E-state index contributed by atoms with van der Waals surface area (Å²) < 4.78 is 48.2. The van der Waals surface area contributed by atoms with Crippen LogP contribution in [0.4, 0.5) is 13.2 Å². The molecule has 0 fully saturated rings. The monoisotopic (exact) mass is 385 g/mol. The Labute approximate surface area is 155 Å². The molecule has 0 aliphatic rings. The van der Waals surface area contributed by atoms with E-state index in [1.165, 1.54) is 12.1 Å². The molecule has 1 aromatic carbocycles. The van der Waals surface area contributed by atoms with Gasteiger partial charge in [-0.15, -0.1) is 0 Å². The number of rotatable bonds is 8. The number of aromatic nitrogens is 2. The summed E-state index contributed by atoms with van der Waals surface area (Å²) in [5, 5.41) is 3.88. The van der Waals surface area contributed by atoms with Crippen LogP contribution < -0.4 is 0 Å². The number of hydrogen-bond acceptors (Lipinski definition) is 6. The van der Waals surface area contributed by atoms with Crippen molar-refractivity contribution in [2.24, 2.45) is 0 Å². The average molecular weight is 385 g/mol. The number of esters is 1. The second-order valence-corrected chi connectivity index (χ2v) is 6.35. The molecular weight excluding hydrogens is 363 g/mol. The number of alkyl halides is 3. The molecule has 2 rings (SSSR count). The molecule has 6 nitrogen and oxygen atoms in total. The Morgan fingerprint density at radius 3 is 2.41 bits per heavy atom. The molecule has 148 valence electrons. The van der Waals surface area contributed by atoms with E-state index in [1.807, 2.05) is 13.8 Å². The standard InChI is InChI=1S/C18H22F3N3O3/c1-4-26-16(25)11-24(10-15-22-17(12(2)3)23-27-15)9-13-5-7-14(8-6-13)18(19,20)21/h5-8,12H,4,9-11H2,1-3H3. The maximum Gasteiger partial charge on any atom is 0.416 e. The lowest BCUT2D eigenvalue weighted by molar-refractivity contribution is -0.144. The highest BCUT2D eigenvalue weighted by molar-refractivity contribution is 5.71. The van der Waals surface area contributed by atoms with Gasteiger partial charge in [-0.05, 0) is 24.6 Å². The Kier molecular flexibility index (Phi) is 6.95. The van der Waals surface area contributed by atoms with Crippen LogP contribution in [-0.2, 0) is 28.8 Å². The third-order valence-corrected chi connectivity index (χ3v) is 3.70. The largest absolute Gasteiger partial charge is 0.465 e. The van der Waals surface area contributed by atoms with Gasteiger partial charge in [-0.2, -0.15) is 18.2 Å². The number of halogens is 3. The quantitative estimate of drug-likeness (QED) is 0.644. The summed E-state index contributed by atoms with van der Waals surface area (Å²) in [4.78, 5) is 17.8. The van der Waals surface area contributed by atoms with Gasteiger partial charge in [0.25, 0.3) is 0 Å². The van der Waals surface area contributed by atoms with Gasteiger partial charge >= 0.3 is 12.1 Å². The van der Waals surface area contributed by atoms with Gasteiger partial charge < -0.3 is 9.26 Å². The molecule has 0 spiro atoms. The fraction of sp³-hybridized carbons (Fsp3) is 0.500. The molecule has 0 atom stereocenters. The van der Waals surface area contributed by atoms with Crippen molar-refractivity contribution in [2.45, 2.75) is 46.0 Å². The first-order chi connectivity index (χ1) is 12.7. The summed E-state index contributed by atoms with van der Waals surface area (Å²) in [5.74, 6) is 0.537. The molecule has 9 heteroatoms. The van der Waals surface area contributed by atoms with Gasteiger partial charge in [0.15, 0.2) is 5.82 Å². The molecule has 0 amide bonds. The molecule has 0 aliphatic heterocycles. The minimum atomic E-state index is -4.39. The lowest BCUT2D eigenvalue weighted by Crippen LogP contribution is -2.30. The predicted octanol–water partition coefficient (Wildman–Crippen LogP) is 3.78. The molecule has 27 heavy (non-hydrogen) atoms. The van der Waals surface area contributed by atoms with Crippen LogP contribution in [0.25, 0.3) is 0 Å². The smallest absolute Gasteiger partial charge is 0.416 e. The van der Waals surface area contributed by atoms with Crippen LogP contribution in [0.3, 0.4) is 0 Å². The minimum Gasteiger partial charge on any atom is -0.465 e. The van der Waals surface area contributed by atoms with Crippen molar-refractivity contribution in [3.8, 4) is 0 Å². The van der Waals surface area contributed by atoms with Crippen molar-refractivity contribution < 1.29 is 27.2 Å². The lowest BCUT2D eigenvalue weighted by atomic mass is 10.1. The first-order valence-electron chi connectivity index (χ1n) is 8.55. The SMILES string of the molecule is CCOC(=O)CN(Cc1ccc(C(F)(F)F)cc1)Cc1nc(C(C)C)no1. The second kappa shape index (κ2) is 8.98. The summed E-state index contributed by atoms with van der Waals surface area (Å²) in [7, 11) is 0. The van der Waals surface area contributed by atoms with Gasteiger partial charge in [-0.1, -0.05) is 31.1 Å². The molecule has 0 bridgehead atoms. The van der Waals surface area contributed by atoms with Crippen molar-refractivity contribution in [2.75, 3.05) is 13.2 Å². The molecule has 0 radical (unpaired) electrons. The molecule has 0 saturated heterocycles. The van der Waals surface area contributed by atoms with Crippen LogP contribution in [-0.4, -0.2) is 34.2 Å². The molecule has 1 heterocycles. The Morgan fingerprint density at radius 2 is 1.89 bits per heavy atom. The summed E-state index contributed by atoms with van der Waals surface area (Å²) in [6.45, 7) is 6.15. The minimum absolute atomic E-state index is 0.0474. The van der Waals surface area contributed by atoms with Crippen LogP contribution >= 0.6 is 0 Å². The molecule has 0 saturated carbocycles. The summed E-state index contributed by atoms with van der Waals surface area (Å²) in [6, 6.07) is 4.80. The summed E-state index contributed by atoms with van der Waals surface area (Å²) >= 11 is 0. The highest BCUT2D eigenvalue weighted by Crippen LogP contribution is 2.29. The molecule has 2 aromatic rings. The van der Waals surface area contributed by atoms with E-state index < -0.39 is 17.7 Å². The first-order valence-corrected chi connectivity index (χ1v) is 8.55. The van der Waals surface area contributed by atoms with Gasteiger partial charge in [-0.3, -0.25) is 9.69 Å². The zero-order valence-corrected chi connectivity index (χ0v) is 15.4. The number of nitrogens with zero attached hydrogens (tertiary/aromatic N) is 3. The van der Waals surface area contributed by atoms with Gasteiger partial charge in [0.1, 0.15) is 0 Å². The van der Waals surface area contributed by atoms with Crippen molar-refractivity contribution >= 4 is 5.97 Å². The predicted molar refractivity (Wildman–Crippen MR) is 90.6 cm³/mol.